The minimum Gasteiger partial charge on any atom is -0.455 e. The summed E-state index contributed by atoms with van der Waals surface area (Å²) >= 11 is 0. The third-order valence-electron chi connectivity index (χ3n) is 5.98. The van der Waals surface area contributed by atoms with Crippen molar-refractivity contribution in [3.63, 3.8) is 0 Å². The fourth-order valence-corrected chi connectivity index (χ4v) is 4.19. The summed E-state index contributed by atoms with van der Waals surface area (Å²) < 4.78 is 6.04. The first-order valence-electron chi connectivity index (χ1n) is 10.3. The zero-order valence-corrected chi connectivity index (χ0v) is 18.2. The van der Waals surface area contributed by atoms with Gasteiger partial charge in [-0.3, -0.25) is 9.59 Å². The number of rotatable bonds is 4. The van der Waals surface area contributed by atoms with Gasteiger partial charge in [-0.2, -0.15) is 5.26 Å². The molecular weight excluding hydrogens is 402 g/mol. The minimum atomic E-state index is -0.322. The number of nitriles is 1. The van der Waals surface area contributed by atoms with Crippen LogP contribution in [0.15, 0.2) is 36.4 Å². The third kappa shape index (κ3) is 3.19. The molecule has 160 valence electrons. The average molecular weight is 425 g/mol. The molecular formula is C26H23N3O3. The van der Waals surface area contributed by atoms with Crippen molar-refractivity contribution in [2.75, 3.05) is 11.5 Å². The molecule has 3 aromatic carbocycles. The van der Waals surface area contributed by atoms with E-state index in [1.54, 1.807) is 32.9 Å². The number of nitrogens with two attached hydrogens (primary N) is 2. The number of nitrogens with zero attached hydrogens (tertiary/aromatic N) is 1. The molecule has 0 aromatic heterocycles. The lowest BCUT2D eigenvalue weighted by Gasteiger charge is -2.26. The average Bonchev–Trinajstić information content (AvgIpc) is 2.78. The maximum atomic E-state index is 13.5. The molecule has 1 aliphatic carbocycles. The van der Waals surface area contributed by atoms with E-state index in [0.717, 1.165) is 11.1 Å². The van der Waals surface area contributed by atoms with Crippen molar-refractivity contribution < 1.29 is 14.3 Å². The second-order valence-corrected chi connectivity index (χ2v) is 8.04. The van der Waals surface area contributed by atoms with E-state index >= 15 is 0 Å². The van der Waals surface area contributed by atoms with Gasteiger partial charge in [-0.25, -0.2) is 0 Å². The van der Waals surface area contributed by atoms with Crippen molar-refractivity contribution in [3.8, 4) is 17.6 Å². The van der Waals surface area contributed by atoms with Gasteiger partial charge in [0.1, 0.15) is 5.75 Å². The first kappa shape index (κ1) is 21.1. The highest BCUT2D eigenvalue weighted by Gasteiger charge is 2.37. The van der Waals surface area contributed by atoms with Gasteiger partial charge >= 0.3 is 0 Å². The van der Waals surface area contributed by atoms with Gasteiger partial charge in [-0.05, 0) is 56.0 Å². The zero-order chi connectivity index (χ0) is 23.2. The van der Waals surface area contributed by atoms with E-state index < -0.39 is 0 Å². The van der Waals surface area contributed by atoms with Crippen molar-refractivity contribution in [2.45, 2.75) is 33.6 Å². The van der Waals surface area contributed by atoms with E-state index in [9.17, 15) is 9.59 Å². The number of carbonyl (C=O) groups excluding carboxylic acids is 2. The van der Waals surface area contributed by atoms with Gasteiger partial charge in [0.25, 0.3) is 0 Å². The highest BCUT2D eigenvalue weighted by atomic mass is 16.5. The maximum absolute atomic E-state index is 13.5. The molecule has 4 rings (SSSR count). The Kier molecular flexibility index (Phi) is 5.19. The summed E-state index contributed by atoms with van der Waals surface area (Å²) in [6.07, 6.45) is 1.09. The molecule has 0 aliphatic heterocycles. The maximum Gasteiger partial charge on any atom is 0.197 e. The lowest BCUT2D eigenvalue weighted by Crippen LogP contribution is -2.26. The predicted molar refractivity (Wildman–Crippen MR) is 123 cm³/mol. The fourth-order valence-electron chi connectivity index (χ4n) is 4.19. The summed E-state index contributed by atoms with van der Waals surface area (Å²) in [4.78, 5) is 26.9. The Morgan fingerprint density at radius 3 is 1.88 bits per heavy atom. The minimum absolute atomic E-state index is 0.0972. The van der Waals surface area contributed by atoms with E-state index in [4.69, 9.17) is 21.5 Å². The highest BCUT2D eigenvalue weighted by molar-refractivity contribution is 6.33. The van der Waals surface area contributed by atoms with E-state index in [-0.39, 0.29) is 39.8 Å². The molecule has 0 radical (unpaired) electrons. The van der Waals surface area contributed by atoms with Crippen LogP contribution in [0.5, 0.6) is 11.5 Å². The first-order valence-corrected chi connectivity index (χ1v) is 10.3. The first-order chi connectivity index (χ1) is 15.3. The van der Waals surface area contributed by atoms with Crippen LogP contribution in [0.4, 0.5) is 11.4 Å². The van der Waals surface area contributed by atoms with E-state index in [2.05, 4.69) is 6.07 Å². The third-order valence-corrected chi connectivity index (χ3v) is 5.98. The summed E-state index contributed by atoms with van der Waals surface area (Å²) in [6.45, 7) is 5.32. The summed E-state index contributed by atoms with van der Waals surface area (Å²) in [7, 11) is 0. The molecule has 6 heteroatoms. The number of aryl methyl sites for hydroxylation is 3. The smallest absolute Gasteiger partial charge is 0.197 e. The molecule has 1 aliphatic rings. The van der Waals surface area contributed by atoms with Crippen LogP contribution >= 0.6 is 0 Å². The fraction of sp³-hybridized carbons (Fsp3) is 0.192. The number of anilines is 2. The monoisotopic (exact) mass is 425 g/mol. The lowest BCUT2D eigenvalue weighted by molar-refractivity contribution is 0.0979. The number of fused-ring (bicyclic) bond motifs is 2. The molecule has 4 N–H and O–H groups in total. The SMILES string of the molecule is Cc1ccc(C)c2c1C(=O)c1c(N)c(C)c(Oc3ccc(CCC#N)cc3)c(N)c1C2=O. The van der Waals surface area contributed by atoms with Gasteiger partial charge in [0.15, 0.2) is 17.3 Å². The Morgan fingerprint density at radius 1 is 0.812 bits per heavy atom. The molecule has 0 bridgehead atoms. The van der Waals surface area contributed by atoms with Gasteiger partial charge in [-0.1, -0.05) is 24.3 Å². The van der Waals surface area contributed by atoms with Gasteiger partial charge in [0, 0.05) is 23.1 Å². The summed E-state index contributed by atoms with van der Waals surface area (Å²) in [5, 5.41) is 8.74. The largest absolute Gasteiger partial charge is 0.455 e. The molecule has 0 amide bonds. The predicted octanol–water partition coefficient (Wildman–Crippen LogP) is 4.80. The number of benzene rings is 3. The molecule has 0 atom stereocenters. The van der Waals surface area contributed by atoms with Crippen molar-refractivity contribution >= 4 is 22.9 Å². The Morgan fingerprint density at radius 2 is 1.34 bits per heavy atom. The molecule has 0 heterocycles. The number of hydrogen-bond acceptors (Lipinski definition) is 6. The molecule has 0 fully saturated rings. The van der Waals surface area contributed by atoms with E-state index in [1.807, 2.05) is 24.3 Å². The van der Waals surface area contributed by atoms with Gasteiger partial charge < -0.3 is 16.2 Å². The number of hydrogen-bond donors (Lipinski definition) is 2. The van der Waals surface area contributed by atoms with Crippen LogP contribution in [-0.2, 0) is 6.42 Å². The van der Waals surface area contributed by atoms with Crippen LogP contribution in [0.2, 0.25) is 0 Å². The second-order valence-electron chi connectivity index (χ2n) is 8.04. The Balaban J connectivity index is 1.83. The number of ether oxygens (including phenoxy) is 1. The quantitative estimate of drug-likeness (QED) is 0.453. The molecule has 6 nitrogen and oxygen atoms in total. The molecule has 0 saturated heterocycles. The van der Waals surface area contributed by atoms with Crippen molar-refractivity contribution in [1.82, 2.24) is 0 Å². The second kappa shape index (κ2) is 7.86. The molecule has 32 heavy (non-hydrogen) atoms. The molecule has 0 saturated carbocycles. The van der Waals surface area contributed by atoms with E-state index in [1.165, 1.54) is 0 Å². The van der Waals surface area contributed by atoms with Crippen LogP contribution in [0.25, 0.3) is 0 Å². The zero-order valence-electron chi connectivity index (χ0n) is 18.2. The molecule has 3 aromatic rings. The van der Waals surface area contributed by atoms with Crippen molar-refractivity contribution in [1.29, 1.82) is 5.26 Å². The number of ketones is 2. The Hall–Kier alpha value is -4.11. The number of nitrogen functional groups attached to an aromatic ring is 2. The summed E-state index contributed by atoms with van der Waals surface area (Å²) in [5.41, 5.74) is 17.0. The van der Waals surface area contributed by atoms with Crippen LogP contribution in [0.1, 0.15) is 60.5 Å². The lowest BCUT2D eigenvalue weighted by atomic mass is 9.78. The van der Waals surface area contributed by atoms with E-state index in [0.29, 0.717) is 40.8 Å². The van der Waals surface area contributed by atoms with Crippen LogP contribution in [0.3, 0.4) is 0 Å². The van der Waals surface area contributed by atoms with Gasteiger partial charge in [0.05, 0.1) is 28.6 Å². The summed E-state index contributed by atoms with van der Waals surface area (Å²) in [5.74, 6) is 0.163. The highest BCUT2D eigenvalue weighted by Crippen LogP contribution is 2.45. The Labute approximate surface area is 186 Å². The normalized spacial score (nSPS) is 12.2. The number of carbonyl (C=O) groups is 2. The van der Waals surface area contributed by atoms with Crippen molar-refractivity contribution in [3.05, 3.63) is 80.9 Å². The molecule has 0 spiro atoms. The Bertz CT molecular complexity index is 1330. The van der Waals surface area contributed by atoms with Crippen LogP contribution in [-0.4, -0.2) is 11.6 Å². The molecule has 0 unspecified atom stereocenters. The standard InChI is InChI=1S/C26H23N3O3/c1-13-6-7-14(2)19-18(13)24(30)20-21(25(19)31)23(29)26(15(3)22(20)28)32-17-10-8-16(9-11-17)5-4-12-27/h6-11H,4-5,28-29H2,1-3H3. The van der Waals surface area contributed by atoms with Crippen molar-refractivity contribution in [2.24, 2.45) is 0 Å². The van der Waals surface area contributed by atoms with Crippen LogP contribution in [0, 0.1) is 32.1 Å². The topological polar surface area (TPSA) is 119 Å². The van der Waals surface area contributed by atoms with Gasteiger partial charge in [0.2, 0.25) is 0 Å². The van der Waals surface area contributed by atoms with Crippen LogP contribution < -0.4 is 16.2 Å². The summed E-state index contributed by atoms with van der Waals surface area (Å²) in [6, 6.07) is 13.1. The van der Waals surface area contributed by atoms with Gasteiger partial charge in [-0.15, -0.1) is 0 Å².